The number of pyridine rings is 1. The third-order valence-electron chi connectivity index (χ3n) is 5.76. The molecule has 180 valence electrons. The lowest BCUT2D eigenvalue weighted by molar-refractivity contribution is 0.252. The highest BCUT2D eigenvalue weighted by Crippen LogP contribution is 2.41. The fraction of sp³-hybridized carbons (Fsp3) is 0.292. The van der Waals surface area contributed by atoms with Crippen molar-refractivity contribution in [2.24, 2.45) is 0 Å². The van der Waals surface area contributed by atoms with Gasteiger partial charge in [-0.3, -0.25) is 10.3 Å². The number of carbonyl (C=O) groups is 1. The first-order valence-corrected chi connectivity index (χ1v) is 12.2. The smallest absolute Gasteiger partial charge is 0.321 e. The van der Waals surface area contributed by atoms with Crippen molar-refractivity contribution < 1.29 is 13.6 Å². The number of hydrogen-bond donors (Lipinski definition) is 2. The van der Waals surface area contributed by atoms with E-state index in [0.717, 1.165) is 37.3 Å². The number of piperidine rings is 1. The molecule has 1 aliphatic rings. The van der Waals surface area contributed by atoms with Gasteiger partial charge in [0.2, 0.25) is 5.95 Å². The third kappa shape index (κ3) is 4.63. The van der Waals surface area contributed by atoms with Crippen LogP contribution in [0.5, 0.6) is 0 Å². The Balaban J connectivity index is 1.61. The lowest BCUT2D eigenvalue weighted by atomic mass is 10.0. The SMILES string of the molecule is CCNC(=O)Nc1nc2c(F)c(-c3cnc(N4CCCCC4)nc3)cc(-c3ncccc3F)c2s1. The first-order chi connectivity index (χ1) is 17.0. The maximum Gasteiger partial charge on any atom is 0.321 e. The normalized spacial score (nSPS) is 13.7. The maximum absolute atomic E-state index is 15.7. The van der Waals surface area contributed by atoms with Gasteiger partial charge in [-0.1, -0.05) is 11.3 Å². The minimum Gasteiger partial charge on any atom is -0.341 e. The summed E-state index contributed by atoms with van der Waals surface area (Å²) in [4.78, 5) is 31.5. The summed E-state index contributed by atoms with van der Waals surface area (Å²) in [5.74, 6) is -0.544. The van der Waals surface area contributed by atoms with E-state index in [1.165, 1.54) is 30.8 Å². The zero-order valence-electron chi connectivity index (χ0n) is 19.0. The van der Waals surface area contributed by atoms with Crippen LogP contribution in [0.25, 0.3) is 32.6 Å². The topological polar surface area (TPSA) is 95.9 Å². The van der Waals surface area contributed by atoms with Crippen molar-refractivity contribution in [2.45, 2.75) is 26.2 Å². The van der Waals surface area contributed by atoms with E-state index in [9.17, 15) is 9.18 Å². The molecule has 0 radical (unpaired) electrons. The van der Waals surface area contributed by atoms with E-state index < -0.39 is 17.7 Å². The summed E-state index contributed by atoms with van der Waals surface area (Å²) in [7, 11) is 0. The van der Waals surface area contributed by atoms with Crippen molar-refractivity contribution in [3.63, 3.8) is 0 Å². The molecule has 1 aromatic carbocycles. The van der Waals surface area contributed by atoms with Crippen molar-refractivity contribution in [2.75, 3.05) is 29.9 Å². The molecule has 35 heavy (non-hydrogen) atoms. The number of aromatic nitrogens is 4. The van der Waals surface area contributed by atoms with Gasteiger partial charge in [-0.2, -0.15) is 0 Å². The Morgan fingerprint density at radius 1 is 1.11 bits per heavy atom. The molecule has 0 spiro atoms. The van der Waals surface area contributed by atoms with Crippen LogP contribution in [0.1, 0.15) is 26.2 Å². The number of carbonyl (C=O) groups excluding carboxylic acids is 1. The summed E-state index contributed by atoms with van der Waals surface area (Å²) in [5, 5.41) is 5.40. The van der Waals surface area contributed by atoms with Gasteiger partial charge in [0.25, 0.3) is 0 Å². The minimum atomic E-state index is -0.602. The van der Waals surface area contributed by atoms with Gasteiger partial charge in [0.1, 0.15) is 17.0 Å². The van der Waals surface area contributed by atoms with E-state index >= 15 is 4.39 Å². The Kier molecular flexibility index (Phi) is 6.49. The molecular formula is C24H23F2N7OS. The van der Waals surface area contributed by atoms with Gasteiger partial charge < -0.3 is 10.2 Å². The van der Waals surface area contributed by atoms with Crippen LogP contribution in [0.2, 0.25) is 0 Å². The van der Waals surface area contributed by atoms with Crippen molar-refractivity contribution in [3.8, 4) is 22.4 Å². The third-order valence-corrected chi connectivity index (χ3v) is 6.77. The first kappa shape index (κ1) is 23.0. The second-order valence-corrected chi connectivity index (χ2v) is 9.12. The predicted molar refractivity (Wildman–Crippen MR) is 133 cm³/mol. The van der Waals surface area contributed by atoms with Gasteiger partial charge in [-0.05, 0) is 44.4 Å². The molecule has 3 aromatic heterocycles. The van der Waals surface area contributed by atoms with Gasteiger partial charge in [-0.15, -0.1) is 0 Å². The maximum atomic E-state index is 15.7. The highest BCUT2D eigenvalue weighted by Gasteiger charge is 2.23. The molecule has 0 atom stereocenters. The summed E-state index contributed by atoms with van der Waals surface area (Å²) in [5.41, 5.74) is 1.07. The number of urea groups is 1. The molecule has 8 nitrogen and oxygen atoms in total. The predicted octanol–water partition coefficient (Wildman–Crippen LogP) is 5.23. The molecule has 0 saturated carbocycles. The number of anilines is 2. The van der Waals surface area contributed by atoms with E-state index in [1.807, 2.05) is 0 Å². The molecule has 0 bridgehead atoms. The first-order valence-electron chi connectivity index (χ1n) is 11.4. The second-order valence-electron chi connectivity index (χ2n) is 8.12. The number of benzene rings is 1. The van der Waals surface area contributed by atoms with Gasteiger partial charge in [0.05, 0.1) is 4.70 Å². The van der Waals surface area contributed by atoms with Crippen LogP contribution in [0.4, 0.5) is 24.7 Å². The second kappa shape index (κ2) is 9.87. The van der Waals surface area contributed by atoms with Crippen LogP contribution in [0.15, 0.2) is 36.8 Å². The Hall–Kier alpha value is -3.73. The van der Waals surface area contributed by atoms with E-state index in [2.05, 4.69) is 35.5 Å². The largest absolute Gasteiger partial charge is 0.341 e. The fourth-order valence-corrected chi connectivity index (χ4v) is 5.07. The van der Waals surface area contributed by atoms with Crippen LogP contribution in [0.3, 0.4) is 0 Å². The summed E-state index contributed by atoms with van der Waals surface area (Å²) in [6.07, 6.45) is 7.98. The standard InChI is InChI=1S/C24H23F2N7OS/c1-2-27-23(34)32-24-31-20-18(26)15(11-16(21(20)35-24)19-17(25)7-6-8-28-19)14-12-29-22(30-13-14)33-9-4-3-5-10-33/h6-8,11-13H,2-5,9-10H2,1H3,(H2,27,31,32,34). The molecule has 1 fully saturated rings. The number of halogens is 2. The van der Waals surface area contributed by atoms with Crippen LogP contribution in [0, 0.1) is 11.6 Å². The number of thiazole rings is 1. The highest BCUT2D eigenvalue weighted by atomic mass is 32.1. The Morgan fingerprint density at radius 3 is 2.60 bits per heavy atom. The summed E-state index contributed by atoms with van der Waals surface area (Å²) < 4.78 is 30.8. The monoisotopic (exact) mass is 495 g/mol. The number of nitrogens with zero attached hydrogens (tertiary/aromatic N) is 5. The highest BCUT2D eigenvalue weighted by molar-refractivity contribution is 7.22. The van der Waals surface area contributed by atoms with Crippen LogP contribution >= 0.6 is 11.3 Å². The average Bonchev–Trinajstić information content (AvgIpc) is 3.30. The van der Waals surface area contributed by atoms with E-state index in [0.29, 0.717) is 28.3 Å². The fourth-order valence-electron chi connectivity index (χ4n) is 4.09. The minimum absolute atomic E-state index is 0.0134. The van der Waals surface area contributed by atoms with Crippen LogP contribution < -0.4 is 15.5 Å². The van der Waals surface area contributed by atoms with Gasteiger partial charge in [0, 0.05) is 54.9 Å². The zero-order valence-corrected chi connectivity index (χ0v) is 19.8. The molecule has 2 N–H and O–H groups in total. The summed E-state index contributed by atoms with van der Waals surface area (Å²) in [6.45, 7) is 3.99. The molecular weight excluding hydrogens is 472 g/mol. The Morgan fingerprint density at radius 2 is 1.89 bits per heavy atom. The van der Waals surface area contributed by atoms with Crippen LogP contribution in [-0.2, 0) is 0 Å². The molecule has 1 saturated heterocycles. The lowest BCUT2D eigenvalue weighted by Crippen LogP contribution is -2.30. The molecule has 1 aliphatic heterocycles. The van der Waals surface area contributed by atoms with E-state index in [1.54, 1.807) is 19.3 Å². The molecule has 2 amide bonds. The number of fused-ring (bicyclic) bond motifs is 1. The number of hydrogen-bond acceptors (Lipinski definition) is 7. The van der Waals surface area contributed by atoms with Crippen molar-refractivity contribution in [1.82, 2.24) is 25.3 Å². The molecule has 4 aromatic rings. The quantitative estimate of drug-likeness (QED) is 0.394. The van der Waals surface area contributed by atoms with E-state index in [4.69, 9.17) is 0 Å². The van der Waals surface area contributed by atoms with Crippen molar-refractivity contribution >= 4 is 38.7 Å². The molecule has 5 rings (SSSR count). The lowest BCUT2D eigenvalue weighted by Gasteiger charge is -2.26. The van der Waals surface area contributed by atoms with Crippen LogP contribution in [-0.4, -0.2) is 45.6 Å². The summed E-state index contributed by atoms with van der Waals surface area (Å²) in [6, 6.07) is 3.86. The average molecular weight is 496 g/mol. The van der Waals surface area contributed by atoms with Crippen molar-refractivity contribution in [1.29, 1.82) is 0 Å². The number of nitrogens with one attached hydrogen (secondary N) is 2. The number of amides is 2. The van der Waals surface area contributed by atoms with Gasteiger partial charge >= 0.3 is 6.03 Å². The molecule has 11 heteroatoms. The van der Waals surface area contributed by atoms with Crippen molar-refractivity contribution in [3.05, 3.63) is 48.4 Å². The Labute approximate surface area is 204 Å². The van der Waals surface area contributed by atoms with Gasteiger partial charge in [-0.25, -0.2) is 28.5 Å². The van der Waals surface area contributed by atoms with Gasteiger partial charge in [0.15, 0.2) is 10.9 Å². The summed E-state index contributed by atoms with van der Waals surface area (Å²) >= 11 is 1.05. The van der Waals surface area contributed by atoms with E-state index in [-0.39, 0.29) is 21.9 Å². The molecule has 0 unspecified atom stereocenters. The molecule has 0 aliphatic carbocycles. The number of rotatable bonds is 5. The molecule has 4 heterocycles. The Bertz CT molecular complexity index is 1370. The zero-order chi connectivity index (χ0) is 24.4.